The van der Waals surface area contributed by atoms with E-state index < -0.39 is 57.9 Å². The molecule has 9 heteroatoms. The molecule has 2 unspecified atom stereocenters. The fourth-order valence-electron chi connectivity index (χ4n) is 7.97. The Morgan fingerprint density at radius 2 is 1.70 bits per heavy atom. The van der Waals surface area contributed by atoms with Crippen LogP contribution in [0.15, 0.2) is 35.9 Å². The second-order valence-corrected chi connectivity index (χ2v) is 11.8. The predicted molar refractivity (Wildman–Crippen MR) is 130 cm³/mol. The van der Waals surface area contributed by atoms with Gasteiger partial charge in [-0.25, -0.2) is 4.79 Å². The van der Waals surface area contributed by atoms with Crippen LogP contribution in [-0.4, -0.2) is 66.7 Å². The SMILES string of the molecule is CC(=O)O[C@@]1(O)CC[C@]2(O)C3(O)CC=C4C[C@@H](O)CC[C@]4(C)C3C[C@@H](OC(=O)c3ccc(O)cc3)[C@]12C. The van der Waals surface area contributed by atoms with E-state index in [4.69, 9.17) is 9.47 Å². The molecule has 3 saturated carbocycles. The van der Waals surface area contributed by atoms with Gasteiger partial charge in [0.1, 0.15) is 28.5 Å². The fourth-order valence-corrected chi connectivity index (χ4v) is 7.97. The van der Waals surface area contributed by atoms with Crippen LogP contribution in [0.3, 0.4) is 0 Å². The largest absolute Gasteiger partial charge is 0.508 e. The molecule has 8 atom stereocenters. The van der Waals surface area contributed by atoms with E-state index in [-0.39, 0.29) is 37.0 Å². The maximum absolute atomic E-state index is 13.3. The fraction of sp³-hybridized carbons (Fsp3) is 0.643. The molecule has 0 bridgehead atoms. The van der Waals surface area contributed by atoms with Crippen molar-refractivity contribution in [2.75, 3.05) is 0 Å². The number of aliphatic hydroxyl groups excluding tert-OH is 1. The average molecular weight is 517 g/mol. The van der Waals surface area contributed by atoms with Gasteiger partial charge in [0.25, 0.3) is 0 Å². The number of ether oxygens (including phenoxy) is 2. The number of phenols is 1. The van der Waals surface area contributed by atoms with Crippen LogP contribution < -0.4 is 0 Å². The zero-order valence-corrected chi connectivity index (χ0v) is 21.4. The number of hydrogen-bond donors (Lipinski definition) is 5. The van der Waals surface area contributed by atoms with Gasteiger partial charge < -0.3 is 35.0 Å². The quantitative estimate of drug-likeness (QED) is 0.231. The second-order valence-electron chi connectivity index (χ2n) is 11.8. The standard InChI is InChI=1S/C28H36O9/c1-16(29)37-28(35)13-12-27(34)25(28,3)22(36-23(32)17-4-6-19(30)7-5-17)15-21-24(2)10-9-20(31)14-18(24)8-11-26(21,27)33/h4-8,20-22,30-31,33-35H,9-15H2,1-3H3/t20-,21?,22+,24-,25-,26?,27+,28-/m0/s1. The van der Waals surface area contributed by atoms with Gasteiger partial charge in [0.15, 0.2) is 0 Å². The Kier molecular flexibility index (Phi) is 5.85. The summed E-state index contributed by atoms with van der Waals surface area (Å²) in [6.07, 6.45) is 1.84. The monoisotopic (exact) mass is 516 g/mol. The number of aromatic hydroxyl groups is 1. The van der Waals surface area contributed by atoms with E-state index in [0.29, 0.717) is 19.3 Å². The number of benzene rings is 1. The van der Waals surface area contributed by atoms with Gasteiger partial charge >= 0.3 is 11.9 Å². The molecular formula is C28H36O9. The zero-order chi connectivity index (χ0) is 27.0. The van der Waals surface area contributed by atoms with Gasteiger partial charge in [-0.1, -0.05) is 18.6 Å². The minimum Gasteiger partial charge on any atom is -0.508 e. The van der Waals surface area contributed by atoms with Crippen molar-refractivity contribution >= 4 is 11.9 Å². The summed E-state index contributed by atoms with van der Waals surface area (Å²) in [6, 6.07) is 5.52. The van der Waals surface area contributed by atoms with Crippen molar-refractivity contribution in [3.63, 3.8) is 0 Å². The smallest absolute Gasteiger partial charge is 0.338 e. The molecule has 5 N–H and O–H groups in total. The highest BCUT2D eigenvalue weighted by molar-refractivity contribution is 5.89. The zero-order valence-electron chi connectivity index (χ0n) is 21.4. The van der Waals surface area contributed by atoms with E-state index in [9.17, 15) is 35.1 Å². The van der Waals surface area contributed by atoms with Crippen molar-refractivity contribution in [3.8, 4) is 5.75 Å². The number of carbonyl (C=O) groups is 2. The lowest BCUT2D eigenvalue weighted by molar-refractivity contribution is -0.352. The van der Waals surface area contributed by atoms with Crippen molar-refractivity contribution in [2.24, 2.45) is 16.7 Å². The molecule has 0 spiro atoms. The van der Waals surface area contributed by atoms with E-state index in [1.165, 1.54) is 31.2 Å². The summed E-state index contributed by atoms with van der Waals surface area (Å²) in [5.41, 5.74) is -4.82. The first kappa shape index (κ1) is 26.2. The first-order chi connectivity index (χ1) is 17.2. The normalized spacial score (nSPS) is 44.6. The molecule has 0 aromatic heterocycles. The highest BCUT2D eigenvalue weighted by Gasteiger charge is 2.82. The third kappa shape index (κ3) is 3.44. The third-order valence-corrected chi connectivity index (χ3v) is 10.2. The Labute approximate surface area is 215 Å². The molecule has 1 aromatic carbocycles. The summed E-state index contributed by atoms with van der Waals surface area (Å²) < 4.78 is 11.4. The number of esters is 2. The lowest BCUT2D eigenvalue weighted by atomic mass is 9.43. The van der Waals surface area contributed by atoms with E-state index >= 15 is 0 Å². The highest BCUT2D eigenvalue weighted by atomic mass is 16.7. The first-order valence-electron chi connectivity index (χ1n) is 12.9. The summed E-state index contributed by atoms with van der Waals surface area (Å²) in [5, 5.41) is 56.4. The van der Waals surface area contributed by atoms with Crippen LogP contribution in [-0.2, 0) is 14.3 Å². The second kappa shape index (κ2) is 8.27. The molecule has 0 saturated heterocycles. The third-order valence-electron chi connectivity index (χ3n) is 10.2. The number of carbonyl (C=O) groups excluding carboxylic acids is 2. The van der Waals surface area contributed by atoms with E-state index in [1.807, 2.05) is 13.0 Å². The lowest BCUT2D eigenvalue weighted by Crippen LogP contribution is -2.78. The number of hydrogen-bond acceptors (Lipinski definition) is 9. The van der Waals surface area contributed by atoms with Crippen LogP contribution in [0.2, 0.25) is 0 Å². The molecule has 4 aliphatic rings. The van der Waals surface area contributed by atoms with Crippen LogP contribution in [0.4, 0.5) is 0 Å². The molecule has 0 radical (unpaired) electrons. The Balaban J connectivity index is 1.63. The summed E-state index contributed by atoms with van der Waals surface area (Å²) in [5.74, 6) is -4.25. The highest BCUT2D eigenvalue weighted by Crippen LogP contribution is 2.71. The van der Waals surface area contributed by atoms with Crippen LogP contribution in [0.25, 0.3) is 0 Å². The average Bonchev–Trinajstić information content (AvgIpc) is 3.04. The minimum absolute atomic E-state index is 0.0189. The molecule has 3 fully saturated rings. The summed E-state index contributed by atoms with van der Waals surface area (Å²) >= 11 is 0. The van der Waals surface area contributed by atoms with Gasteiger partial charge in [-0.15, -0.1) is 0 Å². The molecule has 0 heterocycles. The van der Waals surface area contributed by atoms with E-state index in [1.54, 1.807) is 0 Å². The van der Waals surface area contributed by atoms with Gasteiger partial charge in [-0.2, -0.15) is 0 Å². The Hall–Kier alpha value is -2.46. The van der Waals surface area contributed by atoms with Crippen molar-refractivity contribution in [3.05, 3.63) is 41.5 Å². The Bertz CT molecular complexity index is 1150. The Morgan fingerprint density at radius 3 is 2.35 bits per heavy atom. The topological polar surface area (TPSA) is 154 Å². The number of rotatable bonds is 3. The molecule has 37 heavy (non-hydrogen) atoms. The number of phenolic OH excluding ortho intramolecular Hbond substituents is 1. The Morgan fingerprint density at radius 1 is 1.03 bits per heavy atom. The van der Waals surface area contributed by atoms with Crippen molar-refractivity contribution in [2.45, 2.75) is 94.9 Å². The van der Waals surface area contributed by atoms with E-state index in [2.05, 4.69) is 0 Å². The molecular weight excluding hydrogens is 480 g/mol. The summed E-state index contributed by atoms with van der Waals surface area (Å²) in [7, 11) is 0. The van der Waals surface area contributed by atoms with Gasteiger partial charge in [-0.3, -0.25) is 4.79 Å². The van der Waals surface area contributed by atoms with Gasteiger partial charge in [-0.05, 0) is 75.1 Å². The first-order valence-corrected chi connectivity index (χ1v) is 12.9. The molecule has 4 aliphatic carbocycles. The van der Waals surface area contributed by atoms with Crippen LogP contribution in [0.5, 0.6) is 5.75 Å². The maximum Gasteiger partial charge on any atom is 0.338 e. The van der Waals surface area contributed by atoms with Gasteiger partial charge in [0, 0.05) is 19.3 Å². The molecule has 9 nitrogen and oxygen atoms in total. The predicted octanol–water partition coefficient (Wildman–Crippen LogP) is 2.33. The molecule has 202 valence electrons. The van der Waals surface area contributed by atoms with Gasteiger partial charge in [0.2, 0.25) is 5.79 Å². The van der Waals surface area contributed by atoms with Crippen LogP contribution >= 0.6 is 0 Å². The summed E-state index contributed by atoms with van der Waals surface area (Å²) in [6.45, 7) is 4.68. The lowest BCUT2D eigenvalue weighted by Gasteiger charge is -2.66. The number of aliphatic hydroxyl groups is 4. The van der Waals surface area contributed by atoms with Gasteiger partial charge in [0.05, 0.1) is 11.7 Å². The van der Waals surface area contributed by atoms with Crippen molar-refractivity contribution in [1.29, 1.82) is 0 Å². The minimum atomic E-state index is -2.19. The van der Waals surface area contributed by atoms with E-state index in [0.717, 1.165) is 12.5 Å². The number of fused-ring (bicyclic) bond motifs is 5. The van der Waals surface area contributed by atoms with Crippen molar-refractivity contribution in [1.82, 2.24) is 0 Å². The molecule has 0 amide bonds. The van der Waals surface area contributed by atoms with Crippen LogP contribution in [0, 0.1) is 16.7 Å². The molecule has 5 rings (SSSR count). The molecule has 0 aliphatic heterocycles. The maximum atomic E-state index is 13.3. The molecule has 1 aromatic rings. The van der Waals surface area contributed by atoms with Crippen molar-refractivity contribution < 1.29 is 44.6 Å². The van der Waals surface area contributed by atoms with Crippen LogP contribution in [0.1, 0.15) is 76.1 Å². The summed E-state index contributed by atoms with van der Waals surface area (Å²) in [4.78, 5) is 25.3.